The van der Waals surface area contributed by atoms with Crippen LogP contribution in [0, 0.1) is 5.95 Å². The van der Waals surface area contributed by atoms with Gasteiger partial charge in [-0.05, 0) is 0 Å². The number of carbonyl (C=O) groups excluding carboxylic acids is 1. The van der Waals surface area contributed by atoms with E-state index in [9.17, 15) is 9.18 Å². The highest BCUT2D eigenvalue weighted by Gasteiger charge is 2.17. The molecule has 0 aliphatic rings. The lowest BCUT2D eigenvalue weighted by Gasteiger charge is -2.09. The molecule has 0 bridgehead atoms. The summed E-state index contributed by atoms with van der Waals surface area (Å²) in [4.78, 5) is 14.4. The number of ether oxygens (including phenoxy) is 2. The van der Waals surface area contributed by atoms with Crippen LogP contribution in [0.4, 0.5) is 10.1 Å². The molecule has 0 spiro atoms. The molecule has 18 heavy (non-hydrogen) atoms. The molecule has 0 unspecified atom stereocenters. The molecular weight excluding hydrogens is 286 g/mol. The second-order valence-corrected chi connectivity index (χ2v) is 3.77. The molecule has 2 N–H and O–H groups in total. The van der Waals surface area contributed by atoms with Gasteiger partial charge in [0.1, 0.15) is 16.7 Å². The number of carbonyl (C=O) groups is 1. The molecule has 0 radical (unpaired) electrons. The number of nitrogens with zero attached hydrogens (tertiary/aromatic N) is 1. The second kappa shape index (κ2) is 6.42. The van der Waals surface area contributed by atoms with Gasteiger partial charge >= 0.3 is 5.97 Å². The minimum atomic E-state index is -1.03. The molecule has 0 aliphatic carbocycles. The number of nitrogens with two attached hydrogens (primary N) is 1. The summed E-state index contributed by atoms with van der Waals surface area (Å²) >= 11 is 11.2. The van der Waals surface area contributed by atoms with Crippen LogP contribution in [0.2, 0.25) is 10.0 Å². The van der Waals surface area contributed by atoms with Gasteiger partial charge < -0.3 is 15.2 Å². The Morgan fingerprint density at radius 2 is 2.17 bits per heavy atom. The van der Waals surface area contributed by atoms with Crippen molar-refractivity contribution >= 4 is 34.9 Å². The first-order valence-corrected chi connectivity index (χ1v) is 5.42. The third kappa shape index (κ3) is 3.48. The maximum atomic E-state index is 13.2. The van der Waals surface area contributed by atoms with E-state index >= 15 is 0 Å². The largest absolute Gasteiger partial charge is 0.464 e. The Hall–Kier alpha value is -1.53. The molecule has 98 valence electrons. The number of hydrogen-bond donors (Lipinski definition) is 1. The summed E-state index contributed by atoms with van der Waals surface area (Å²) in [7, 11) is 0. The maximum Gasteiger partial charge on any atom is 0.344 e. The summed E-state index contributed by atoms with van der Waals surface area (Å²) in [5.41, 5.74) is 5.21. The summed E-state index contributed by atoms with van der Waals surface area (Å²) in [6.07, 6.45) is 1.39. The molecule has 1 rings (SSSR count). The summed E-state index contributed by atoms with van der Waals surface area (Å²) in [6.45, 7) is 2.92. The lowest BCUT2D eigenvalue weighted by Crippen LogP contribution is -2.16. The van der Waals surface area contributed by atoms with Crippen LogP contribution in [0.1, 0.15) is 0 Å². The molecule has 0 saturated heterocycles. The Morgan fingerprint density at radius 1 is 1.50 bits per heavy atom. The topological polar surface area (TPSA) is 74.4 Å². The monoisotopic (exact) mass is 294 g/mol. The Bertz CT molecular complexity index is 483. The van der Waals surface area contributed by atoms with Gasteiger partial charge in [-0.25, -0.2) is 4.79 Å². The smallest absolute Gasteiger partial charge is 0.344 e. The number of anilines is 1. The van der Waals surface area contributed by atoms with Crippen LogP contribution in [-0.2, 0) is 9.53 Å². The molecule has 8 heteroatoms. The van der Waals surface area contributed by atoms with Crippen molar-refractivity contribution < 1.29 is 18.7 Å². The Labute approximate surface area is 112 Å². The number of hydrogen-bond acceptors (Lipinski definition) is 5. The number of halogens is 3. The van der Waals surface area contributed by atoms with Crippen LogP contribution in [0.25, 0.3) is 0 Å². The highest BCUT2D eigenvalue weighted by Crippen LogP contribution is 2.35. The molecule has 0 aromatic carbocycles. The van der Waals surface area contributed by atoms with Gasteiger partial charge in [-0.3, -0.25) is 0 Å². The van der Waals surface area contributed by atoms with E-state index in [-0.39, 0.29) is 23.2 Å². The second-order valence-electron chi connectivity index (χ2n) is 3.01. The first-order valence-electron chi connectivity index (χ1n) is 4.66. The van der Waals surface area contributed by atoms with Crippen LogP contribution in [0.3, 0.4) is 0 Å². The normalized spacial score (nSPS) is 9.94. The minimum absolute atomic E-state index is 0.0421. The molecule has 1 aromatic heterocycles. The first-order chi connectivity index (χ1) is 8.47. The SMILES string of the molecule is C=CCOC(=O)COc1nc(F)c(Cl)c(N)c1Cl. The van der Waals surface area contributed by atoms with E-state index in [0.29, 0.717) is 0 Å². The van der Waals surface area contributed by atoms with Gasteiger partial charge in [-0.15, -0.1) is 0 Å². The Balaban J connectivity index is 2.74. The fraction of sp³-hybridized carbons (Fsp3) is 0.200. The quantitative estimate of drug-likeness (QED) is 0.512. The summed E-state index contributed by atoms with van der Waals surface area (Å²) in [5, 5.41) is -0.570. The van der Waals surface area contributed by atoms with Crippen molar-refractivity contribution in [1.29, 1.82) is 0 Å². The standard InChI is InChI=1S/C10H9Cl2FN2O3/c1-2-3-17-5(16)4-18-10-7(12)8(14)6(11)9(13)15-10/h2H,1,3-4H2,(H2,14,15). The average molecular weight is 295 g/mol. The van der Waals surface area contributed by atoms with Crippen molar-refractivity contribution in [2.75, 3.05) is 18.9 Å². The number of rotatable bonds is 5. The molecule has 0 amide bonds. The van der Waals surface area contributed by atoms with Crippen LogP contribution in [-0.4, -0.2) is 24.2 Å². The van der Waals surface area contributed by atoms with Crippen LogP contribution in [0.15, 0.2) is 12.7 Å². The van der Waals surface area contributed by atoms with E-state index in [1.165, 1.54) is 6.08 Å². The maximum absolute atomic E-state index is 13.2. The van der Waals surface area contributed by atoms with Crippen molar-refractivity contribution in [2.45, 2.75) is 0 Å². The highest BCUT2D eigenvalue weighted by molar-refractivity contribution is 6.39. The lowest BCUT2D eigenvalue weighted by molar-refractivity contribution is -0.144. The van der Waals surface area contributed by atoms with Crippen LogP contribution in [0.5, 0.6) is 5.88 Å². The van der Waals surface area contributed by atoms with Gasteiger partial charge in [0.2, 0.25) is 11.8 Å². The fourth-order valence-corrected chi connectivity index (χ4v) is 1.30. The molecule has 1 aromatic rings. The minimum Gasteiger partial charge on any atom is -0.464 e. The summed E-state index contributed by atoms with van der Waals surface area (Å²) in [6, 6.07) is 0. The van der Waals surface area contributed by atoms with E-state index in [1.807, 2.05) is 0 Å². The third-order valence-electron chi connectivity index (χ3n) is 1.73. The molecule has 5 nitrogen and oxygen atoms in total. The van der Waals surface area contributed by atoms with E-state index in [4.69, 9.17) is 33.7 Å². The predicted molar refractivity (Wildman–Crippen MR) is 65.3 cm³/mol. The van der Waals surface area contributed by atoms with Gasteiger partial charge in [0, 0.05) is 0 Å². The van der Waals surface area contributed by atoms with Crippen molar-refractivity contribution in [3.8, 4) is 5.88 Å². The summed E-state index contributed by atoms with van der Waals surface area (Å²) < 4.78 is 22.7. The number of aromatic nitrogens is 1. The van der Waals surface area contributed by atoms with Gasteiger partial charge in [0.15, 0.2) is 6.61 Å². The van der Waals surface area contributed by atoms with Crippen LogP contribution >= 0.6 is 23.2 Å². The van der Waals surface area contributed by atoms with Gasteiger partial charge in [-0.1, -0.05) is 35.9 Å². The van der Waals surface area contributed by atoms with Crippen molar-refractivity contribution in [1.82, 2.24) is 4.98 Å². The first kappa shape index (κ1) is 14.5. The van der Waals surface area contributed by atoms with E-state index in [0.717, 1.165) is 0 Å². The number of esters is 1. The molecule has 0 fully saturated rings. The van der Waals surface area contributed by atoms with Gasteiger partial charge in [0.05, 0.1) is 5.69 Å². The molecule has 1 heterocycles. The molecule has 0 atom stereocenters. The van der Waals surface area contributed by atoms with Crippen molar-refractivity contribution in [3.05, 3.63) is 28.6 Å². The summed E-state index contributed by atoms with van der Waals surface area (Å²) in [5.74, 6) is -2.04. The average Bonchev–Trinajstić information content (AvgIpc) is 2.36. The number of nitrogen functional groups attached to an aromatic ring is 1. The number of pyridine rings is 1. The zero-order valence-corrected chi connectivity index (χ0v) is 10.6. The molecule has 0 aliphatic heterocycles. The van der Waals surface area contributed by atoms with E-state index in [1.54, 1.807) is 0 Å². The van der Waals surface area contributed by atoms with Crippen molar-refractivity contribution in [3.63, 3.8) is 0 Å². The Morgan fingerprint density at radius 3 is 2.78 bits per heavy atom. The zero-order chi connectivity index (χ0) is 13.7. The predicted octanol–water partition coefficient (Wildman–Crippen LogP) is 2.22. The molecular formula is C10H9Cl2FN2O3. The van der Waals surface area contributed by atoms with Gasteiger partial charge in [0.25, 0.3) is 0 Å². The van der Waals surface area contributed by atoms with Gasteiger partial charge in [-0.2, -0.15) is 9.37 Å². The fourth-order valence-electron chi connectivity index (χ4n) is 0.926. The van der Waals surface area contributed by atoms with Crippen molar-refractivity contribution in [2.24, 2.45) is 0 Å². The van der Waals surface area contributed by atoms with E-state index in [2.05, 4.69) is 16.3 Å². The highest BCUT2D eigenvalue weighted by atomic mass is 35.5. The van der Waals surface area contributed by atoms with Crippen LogP contribution < -0.4 is 10.5 Å². The Kier molecular flexibility index (Phi) is 5.18. The molecule has 0 saturated carbocycles. The lowest BCUT2D eigenvalue weighted by atomic mass is 10.4. The van der Waals surface area contributed by atoms with E-state index < -0.39 is 23.5 Å². The third-order valence-corrected chi connectivity index (χ3v) is 2.46. The zero-order valence-electron chi connectivity index (χ0n) is 9.08.